The van der Waals surface area contributed by atoms with Gasteiger partial charge in [-0.2, -0.15) is 10.2 Å². The van der Waals surface area contributed by atoms with Crippen LogP contribution in [0.2, 0.25) is 0 Å². The third-order valence-electron chi connectivity index (χ3n) is 2.97. The van der Waals surface area contributed by atoms with Crippen LogP contribution in [0.15, 0.2) is 41.6 Å². The van der Waals surface area contributed by atoms with Gasteiger partial charge < -0.3 is 9.54 Å². The molecule has 1 atom stereocenters. The van der Waals surface area contributed by atoms with Crippen molar-refractivity contribution >= 4 is 22.2 Å². The first-order chi connectivity index (χ1) is 9.78. The lowest BCUT2D eigenvalue weighted by atomic mass is 10.2. The van der Waals surface area contributed by atoms with E-state index in [2.05, 4.69) is 20.2 Å². The highest BCUT2D eigenvalue weighted by Crippen LogP contribution is 2.21. The van der Waals surface area contributed by atoms with Crippen LogP contribution in [-0.2, 0) is 11.2 Å². The van der Waals surface area contributed by atoms with Crippen molar-refractivity contribution in [2.45, 2.75) is 18.2 Å². The molecular weight excluding hydrogens is 272 g/mol. The number of nitrogens with one attached hydrogen (secondary N) is 1. The van der Waals surface area contributed by atoms with Gasteiger partial charge in [0, 0.05) is 5.56 Å². The molecule has 5 nitrogen and oxygen atoms in total. The zero-order valence-electron chi connectivity index (χ0n) is 11.0. The van der Waals surface area contributed by atoms with Crippen LogP contribution < -0.4 is 0 Å². The van der Waals surface area contributed by atoms with E-state index in [-0.39, 0.29) is 0 Å². The minimum atomic E-state index is -0.913. The van der Waals surface area contributed by atoms with Gasteiger partial charge in [-0.1, -0.05) is 6.92 Å². The number of hydrogen-bond acceptors (Lipinski definition) is 4. The van der Waals surface area contributed by atoms with E-state index in [1.807, 2.05) is 31.2 Å². The average Bonchev–Trinajstić information content (AvgIpc) is 2.91. The Morgan fingerprint density at radius 2 is 1.90 bits per heavy atom. The summed E-state index contributed by atoms with van der Waals surface area (Å²) in [6.07, 6.45) is 4.19. The van der Waals surface area contributed by atoms with Crippen molar-refractivity contribution in [3.05, 3.63) is 36.7 Å². The molecule has 1 unspecified atom stereocenters. The lowest BCUT2D eigenvalue weighted by molar-refractivity contribution is 0.593. The summed E-state index contributed by atoms with van der Waals surface area (Å²) in [6.45, 7) is 2.03. The van der Waals surface area contributed by atoms with Crippen molar-refractivity contribution < 1.29 is 4.55 Å². The van der Waals surface area contributed by atoms with Gasteiger partial charge in [0.15, 0.2) is 4.90 Å². The van der Waals surface area contributed by atoms with Crippen LogP contribution in [0.5, 0.6) is 0 Å². The number of fused-ring (bicyclic) bond motifs is 1. The number of H-pyrrole nitrogens is 1. The maximum atomic E-state index is 11.9. The third-order valence-corrected chi connectivity index (χ3v) is 4.55. The van der Waals surface area contributed by atoms with E-state index < -0.39 is 11.2 Å². The average molecular weight is 286 g/mol. The molecule has 20 heavy (non-hydrogen) atoms. The molecule has 0 spiro atoms. The molecule has 0 saturated carbocycles. The van der Waals surface area contributed by atoms with Crippen LogP contribution in [0.25, 0.3) is 22.4 Å². The van der Waals surface area contributed by atoms with Crippen molar-refractivity contribution in [3.8, 4) is 11.4 Å². The summed E-state index contributed by atoms with van der Waals surface area (Å²) >= 11 is -0.913. The molecule has 3 aromatic rings. The van der Waals surface area contributed by atoms with Gasteiger partial charge in [0.05, 0.1) is 17.9 Å². The fourth-order valence-electron chi connectivity index (χ4n) is 1.98. The molecule has 3 rings (SSSR count). The predicted molar refractivity (Wildman–Crippen MR) is 78.7 cm³/mol. The summed E-state index contributed by atoms with van der Waals surface area (Å²) in [5.74, 6) is 1.46. The normalized spacial score (nSPS) is 12.7. The highest BCUT2D eigenvalue weighted by molar-refractivity contribution is 7.91. The van der Waals surface area contributed by atoms with Gasteiger partial charge in [0.2, 0.25) is 0 Å². The molecular formula is C14H14N4OS. The first-order valence-electron chi connectivity index (χ1n) is 6.43. The Hall–Kier alpha value is -1.92. The third kappa shape index (κ3) is 2.52. The Morgan fingerprint density at radius 1 is 1.15 bits per heavy atom. The van der Waals surface area contributed by atoms with E-state index in [1.54, 1.807) is 12.4 Å². The fourth-order valence-corrected chi connectivity index (χ4v) is 3.03. The zero-order valence-corrected chi connectivity index (χ0v) is 11.9. The predicted octanol–water partition coefficient (Wildman–Crippen LogP) is 2.54. The Morgan fingerprint density at radius 3 is 2.60 bits per heavy atom. The number of imidazole rings is 1. The van der Waals surface area contributed by atoms with Crippen molar-refractivity contribution in [3.63, 3.8) is 0 Å². The van der Waals surface area contributed by atoms with Crippen LogP contribution in [0.1, 0.15) is 13.3 Å². The minimum absolute atomic E-state index is 0.696. The van der Waals surface area contributed by atoms with E-state index in [0.29, 0.717) is 5.75 Å². The van der Waals surface area contributed by atoms with Gasteiger partial charge in [0.25, 0.3) is 0 Å². The molecule has 2 heterocycles. The molecule has 0 bridgehead atoms. The van der Waals surface area contributed by atoms with Crippen LogP contribution in [0, 0.1) is 0 Å². The van der Waals surface area contributed by atoms with Crippen molar-refractivity contribution in [1.82, 2.24) is 20.2 Å². The molecule has 0 aliphatic carbocycles. The smallest absolute Gasteiger partial charge is 0.152 e. The summed E-state index contributed by atoms with van der Waals surface area (Å²) in [5, 5.41) is 7.62. The molecule has 0 aliphatic heterocycles. The summed E-state index contributed by atoms with van der Waals surface area (Å²) in [7, 11) is 0. The van der Waals surface area contributed by atoms with Crippen LogP contribution in [0.3, 0.4) is 0 Å². The number of nitrogens with zero attached hydrogens (tertiary/aromatic N) is 3. The Balaban J connectivity index is 1.90. The first-order valence-corrected chi connectivity index (χ1v) is 7.75. The Bertz CT molecular complexity index is 678. The van der Waals surface area contributed by atoms with Crippen LogP contribution in [0.4, 0.5) is 0 Å². The minimum Gasteiger partial charge on any atom is -0.611 e. The molecule has 0 fully saturated rings. The van der Waals surface area contributed by atoms with E-state index in [9.17, 15) is 4.55 Å². The quantitative estimate of drug-likeness (QED) is 0.748. The topological polar surface area (TPSA) is 77.5 Å². The highest BCUT2D eigenvalue weighted by Gasteiger charge is 2.11. The first kappa shape index (κ1) is 13.1. The largest absolute Gasteiger partial charge is 0.611 e. The van der Waals surface area contributed by atoms with Gasteiger partial charge in [-0.15, -0.1) is 0 Å². The van der Waals surface area contributed by atoms with E-state index in [1.165, 1.54) is 0 Å². The van der Waals surface area contributed by atoms with Crippen molar-refractivity contribution in [2.24, 2.45) is 0 Å². The maximum absolute atomic E-state index is 11.9. The van der Waals surface area contributed by atoms with Crippen molar-refractivity contribution in [1.29, 1.82) is 0 Å². The van der Waals surface area contributed by atoms with E-state index in [4.69, 9.17) is 0 Å². The second-order valence-corrected chi connectivity index (χ2v) is 6.02. The molecule has 1 N–H and O–H groups in total. The van der Waals surface area contributed by atoms with Gasteiger partial charge in [-0.3, -0.25) is 0 Å². The van der Waals surface area contributed by atoms with Gasteiger partial charge in [-0.25, -0.2) is 4.98 Å². The summed E-state index contributed by atoms with van der Waals surface area (Å²) < 4.78 is 11.9. The number of aromatic amines is 1. The molecule has 6 heteroatoms. The second-order valence-electron chi connectivity index (χ2n) is 4.45. The number of rotatable bonds is 4. The SMILES string of the molecule is CCC[S+]([O-])c1ccc(-c2nc3cnncc3[nH]2)cc1. The Labute approximate surface area is 119 Å². The lowest BCUT2D eigenvalue weighted by Crippen LogP contribution is -2.05. The monoisotopic (exact) mass is 286 g/mol. The Kier molecular flexibility index (Phi) is 3.66. The van der Waals surface area contributed by atoms with E-state index in [0.717, 1.165) is 33.7 Å². The zero-order chi connectivity index (χ0) is 13.9. The van der Waals surface area contributed by atoms with Gasteiger partial charge in [-0.05, 0) is 41.9 Å². The highest BCUT2D eigenvalue weighted by atomic mass is 32.2. The molecule has 0 saturated heterocycles. The molecule has 0 aliphatic rings. The molecule has 2 aromatic heterocycles. The second kappa shape index (κ2) is 5.60. The molecule has 0 amide bonds. The van der Waals surface area contributed by atoms with E-state index >= 15 is 0 Å². The maximum Gasteiger partial charge on any atom is 0.152 e. The molecule has 0 radical (unpaired) electrons. The number of aromatic nitrogens is 4. The van der Waals surface area contributed by atoms with Crippen LogP contribution >= 0.6 is 0 Å². The number of hydrogen-bond donors (Lipinski definition) is 1. The van der Waals surface area contributed by atoms with Crippen LogP contribution in [-0.4, -0.2) is 30.5 Å². The summed E-state index contributed by atoms with van der Waals surface area (Å²) in [4.78, 5) is 8.51. The van der Waals surface area contributed by atoms with Gasteiger partial charge >= 0.3 is 0 Å². The van der Waals surface area contributed by atoms with Crippen molar-refractivity contribution in [2.75, 3.05) is 5.75 Å². The number of benzene rings is 1. The fraction of sp³-hybridized carbons (Fsp3) is 0.214. The molecule has 102 valence electrons. The summed E-state index contributed by atoms with van der Waals surface area (Å²) in [5.41, 5.74) is 2.60. The van der Waals surface area contributed by atoms with Gasteiger partial charge in [0.1, 0.15) is 17.1 Å². The summed E-state index contributed by atoms with van der Waals surface area (Å²) in [6, 6.07) is 7.65. The standard InChI is InChI=1S/C14H14N4OS/c1-2-7-20(19)11-5-3-10(4-6-11)14-17-12-8-15-16-9-13(12)18-14/h3-6,8-9H,2,7H2,1H3,(H,17,18). The molecule has 1 aromatic carbocycles. The lowest BCUT2D eigenvalue weighted by Gasteiger charge is -2.09.